The maximum absolute atomic E-state index is 14.0. The van der Waals surface area contributed by atoms with Gasteiger partial charge >= 0.3 is 5.97 Å². The summed E-state index contributed by atoms with van der Waals surface area (Å²) in [5.41, 5.74) is 1.16. The molecule has 1 aliphatic carbocycles. The van der Waals surface area contributed by atoms with Crippen LogP contribution in [0.15, 0.2) is 18.2 Å². The molecule has 3 nitrogen and oxygen atoms in total. The second kappa shape index (κ2) is 5.73. The highest BCUT2D eigenvalue weighted by atomic mass is 35.5. The summed E-state index contributed by atoms with van der Waals surface area (Å²) in [6.07, 6.45) is 1.50. The second-order valence-electron chi connectivity index (χ2n) is 4.79. The lowest BCUT2D eigenvalue weighted by Crippen LogP contribution is -2.14. The molecule has 0 aliphatic heterocycles. The molecule has 0 spiro atoms. The number of carbonyl (C=O) groups is 1. The molecule has 1 aromatic heterocycles. The van der Waals surface area contributed by atoms with Crippen molar-refractivity contribution in [3.8, 4) is 10.6 Å². The number of carbonyl (C=O) groups excluding carboxylic acids is 1. The molecule has 3 rings (SSSR count). The normalized spacial score (nSPS) is 16.8. The molecular formula is C15H13ClFNO2S. The van der Waals surface area contributed by atoms with Crippen LogP contribution in [0.4, 0.5) is 4.39 Å². The smallest absolute Gasteiger partial charge is 0.315 e. The van der Waals surface area contributed by atoms with Crippen molar-refractivity contribution >= 4 is 28.9 Å². The van der Waals surface area contributed by atoms with Crippen LogP contribution < -0.4 is 0 Å². The predicted molar refractivity (Wildman–Crippen MR) is 80.2 cm³/mol. The van der Waals surface area contributed by atoms with Gasteiger partial charge in [-0.3, -0.25) is 4.79 Å². The van der Waals surface area contributed by atoms with E-state index in [4.69, 9.17) is 16.3 Å². The Balaban J connectivity index is 1.95. The number of rotatable bonds is 3. The van der Waals surface area contributed by atoms with E-state index in [0.29, 0.717) is 22.2 Å². The van der Waals surface area contributed by atoms with Gasteiger partial charge in [0.25, 0.3) is 0 Å². The summed E-state index contributed by atoms with van der Waals surface area (Å²) in [4.78, 5) is 17.4. The minimum atomic E-state index is -0.400. The molecule has 110 valence electrons. The molecule has 1 aromatic carbocycles. The molecule has 0 saturated heterocycles. The zero-order valence-electron chi connectivity index (χ0n) is 11.4. The summed E-state index contributed by atoms with van der Waals surface area (Å²) in [7, 11) is 0. The van der Waals surface area contributed by atoms with Crippen molar-refractivity contribution in [1.82, 2.24) is 4.98 Å². The van der Waals surface area contributed by atoms with Crippen molar-refractivity contribution in [2.75, 3.05) is 6.61 Å². The van der Waals surface area contributed by atoms with E-state index in [2.05, 4.69) is 4.98 Å². The van der Waals surface area contributed by atoms with Crippen molar-refractivity contribution in [3.63, 3.8) is 0 Å². The number of aromatic nitrogens is 1. The topological polar surface area (TPSA) is 39.2 Å². The highest BCUT2D eigenvalue weighted by Crippen LogP contribution is 2.41. The number of esters is 1. The zero-order chi connectivity index (χ0) is 15.0. The highest BCUT2D eigenvalue weighted by molar-refractivity contribution is 7.15. The minimum Gasteiger partial charge on any atom is -0.465 e. The first-order valence-corrected chi connectivity index (χ1v) is 7.91. The molecule has 1 unspecified atom stereocenters. The van der Waals surface area contributed by atoms with Gasteiger partial charge in [0, 0.05) is 15.5 Å². The monoisotopic (exact) mass is 325 g/mol. The van der Waals surface area contributed by atoms with Crippen LogP contribution >= 0.6 is 22.9 Å². The number of hydrogen-bond acceptors (Lipinski definition) is 4. The average Bonchev–Trinajstić information content (AvgIpc) is 2.98. The standard InChI is InChI=1S/C15H13ClFNO2S/c1-2-20-15(19)10-5-6-12-13(10)18-14(21-12)9-4-3-8(16)7-11(9)17/h3-4,7,10H,2,5-6H2,1H3. The Morgan fingerprint density at radius 3 is 3.10 bits per heavy atom. The van der Waals surface area contributed by atoms with Crippen molar-refractivity contribution in [1.29, 1.82) is 0 Å². The largest absolute Gasteiger partial charge is 0.465 e. The number of benzene rings is 1. The third kappa shape index (κ3) is 2.68. The van der Waals surface area contributed by atoms with Crippen molar-refractivity contribution in [2.45, 2.75) is 25.7 Å². The Morgan fingerprint density at radius 1 is 1.57 bits per heavy atom. The molecule has 0 saturated carbocycles. The molecular weight excluding hydrogens is 313 g/mol. The van der Waals surface area contributed by atoms with Gasteiger partial charge in [-0.05, 0) is 38.0 Å². The minimum absolute atomic E-state index is 0.246. The average molecular weight is 326 g/mol. The summed E-state index contributed by atoms with van der Waals surface area (Å²) in [6, 6.07) is 4.52. The highest BCUT2D eigenvalue weighted by Gasteiger charge is 2.34. The van der Waals surface area contributed by atoms with E-state index >= 15 is 0 Å². The van der Waals surface area contributed by atoms with Crippen LogP contribution in [0, 0.1) is 5.82 Å². The van der Waals surface area contributed by atoms with Gasteiger partial charge in [-0.15, -0.1) is 11.3 Å². The van der Waals surface area contributed by atoms with Crippen LogP contribution in [0.2, 0.25) is 5.02 Å². The molecule has 0 amide bonds. The molecule has 0 bridgehead atoms. The first-order chi connectivity index (χ1) is 10.1. The molecule has 1 atom stereocenters. The molecule has 0 N–H and O–H groups in total. The lowest BCUT2D eigenvalue weighted by atomic mass is 10.1. The van der Waals surface area contributed by atoms with Gasteiger partial charge in [-0.25, -0.2) is 9.37 Å². The van der Waals surface area contributed by atoms with E-state index in [9.17, 15) is 9.18 Å². The van der Waals surface area contributed by atoms with Crippen LogP contribution in [-0.2, 0) is 16.0 Å². The molecule has 2 aromatic rings. The number of nitrogens with zero attached hydrogens (tertiary/aromatic N) is 1. The number of ether oxygens (including phenoxy) is 1. The fourth-order valence-corrected chi connectivity index (χ4v) is 3.80. The quantitative estimate of drug-likeness (QED) is 0.794. The van der Waals surface area contributed by atoms with Crippen LogP contribution in [0.1, 0.15) is 29.8 Å². The van der Waals surface area contributed by atoms with Gasteiger partial charge < -0.3 is 4.74 Å². The Hall–Kier alpha value is -1.46. The van der Waals surface area contributed by atoms with Crippen LogP contribution in [0.3, 0.4) is 0 Å². The van der Waals surface area contributed by atoms with Crippen LogP contribution in [0.5, 0.6) is 0 Å². The van der Waals surface area contributed by atoms with Crippen molar-refractivity contribution in [2.24, 2.45) is 0 Å². The van der Waals surface area contributed by atoms with E-state index in [1.54, 1.807) is 19.1 Å². The van der Waals surface area contributed by atoms with Crippen LogP contribution in [0.25, 0.3) is 10.6 Å². The van der Waals surface area contributed by atoms with Crippen molar-refractivity contribution < 1.29 is 13.9 Å². The number of halogens is 2. The van der Waals surface area contributed by atoms with E-state index in [0.717, 1.165) is 23.4 Å². The summed E-state index contributed by atoms with van der Waals surface area (Å²) >= 11 is 7.19. The summed E-state index contributed by atoms with van der Waals surface area (Å²) < 4.78 is 19.0. The van der Waals surface area contributed by atoms with E-state index in [-0.39, 0.29) is 11.9 Å². The van der Waals surface area contributed by atoms with Gasteiger partial charge in [0.1, 0.15) is 16.7 Å². The number of thiazole rings is 1. The van der Waals surface area contributed by atoms with E-state index < -0.39 is 5.82 Å². The first kappa shape index (κ1) is 14.5. The van der Waals surface area contributed by atoms with Gasteiger partial charge in [0.2, 0.25) is 0 Å². The summed E-state index contributed by atoms with van der Waals surface area (Å²) in [6.45, 7) is 2.14. The van der Waals surface area contributed by atoms with Crippen molar-refractivity contribution in [3.05, 3.63) is 39.6 Å². The predicted octanol–water partition coefficient (Wildman–Crippen LogP) is 4.20. The fourth-order valence-electron chi connectivity index (χ4n) is 2.48. The molecule has 0 radical (unpaired) electrons. The second-order valence-corrected chi connectivity index (χ2v) is 6.31. The lowest BCUT2D eigenvalue weighted by molar-refractivity contribution is -0.145. The Bertz CT molecular complexity index is 701. The van der Waals surface area contributed by atoms with Gasteiger partial charge in [-0.2, -0.15) is 0 Å². The maximum Gasteiger partial charge on any atom is 0.315 e. The third-order valence-corrected chi connectivity index (χ3v) is 4.85. The third-order valence-electron chi connectivity index (χ3n) is 3.45. The molecule has 1 aliphatic rings. The van der Waals surface area contributed by atoms with Gasteiger partial charge in [0.05, 0.1) is 12.3 Å². The first-order valence-electron chi connectivity index (χ1n) is 6.71. The molecule has 1 heterocycles. The molecule has 0 fully saturated rings. The Kier molecular flexibility index (Phi) is 3.95. The molecule has 21 heavy (non-hydrogen) atoms. The Labute approximate surface area is 130 Å². The van der Waals surface area contributed by atoms with Crippen LogP contribution in [-0.4, -0.2) is 17.6 Å². The van der Waals surface area contributed by atoms with Gasteiger partial charge in [0.15, 0.2) is 0 Å². The van der Waals surface area contributed by atoms with Gasteiger partial charge in [-0.1, -0.05) is 11.6 Å². The van der Waals surface area contributed by atoms with E-state index in [1.807, 2.05) is 0 Å². The summed E-state index contributed by atoms with van der Waals surface area (Å²) in [5, 5.41) is 0.938. The fraction of sp³-hybridized carbons (Fsp3) is 0.333. The number of fused-ring (bicyclic) bond motifs is 1. The molecule has 6 heteroatoms. The SMILES string of the molecule is CCOC(=O)C1CCc2sc(-c3ccc(Cl)cc3F)nc21. The maximum atomic E-state index is 14.0. The summed E-state index contributed by atoms with van der Waals surface area (Å²) in [5.74, 6) is -0.965. The zero-order valence-corrected chi connectivity index (χ0v) is 12.9. The number of hydrogen-bond donors (Lipinski definition) is 0. The lowest BCUT2D eigenvalue weighted by Gasteiger charge is -2.07. The Morgan fingerprint density at radius 2 is 2.38 bits per heavy atom. The van der Waals surface area contributed by atoms with E-state index in [1.165, 1.54) is 17.4 Å². The number of aryl methyl sites for hydroxylation is 1.